The van der Waals surface area contributed by atoms with Crippen molar-refractivity contribution in [2.24, 2.45) is 0 Å². The first-order valence-corrected chi connectivity index (χ1v) is 5.84. The largest absolute Gasteiger partial charge is 0.495 e. The lowest BCUT2D eigenvalue weighted by Crippen LogP contribution is -2.43. The van der Waals surface area contributed by atoms with Gasteiger partial charge < -0.3 is 14.7 Å². The van der Waals surface area contributed by atoms with E-state index in [-0.39, 0.29) is 6.54 Å². The molecule has 0 bridgehead atoms. The van der Waals surface area contributed by atoms with Gasteiger partial charge in [0, 0.05) is 6.04 Å². The molecule has 0 spiro atoms. The van der Waals surface area contributed by atoms with Gasteiger partial charge in [-0.2, -0.15) is 0 Å². The van der Waals surface area contributed by atoms with Crippen LogP contribution in [0.25, 0.3) is 0 Å². The fourth-order valence-electron chi connectivity index (χ4n) is 2.12. The summed E-state index contributed by atoms with van der Waals surface area (Å²) in [5.41, 5.74) is 0.877. The Hall–Kier alpha value is -1.71. The average molecular weight is 235 g/mol. The Kier molecular flexibility index (Phi) is 3.52. The molecule has 1 aromatic carbocycles. The van der Waals surface area contributed by atoms with Crippen molar-refractivity contribution in [2.75, 3.05) is 18.6 Å². The van der Waals surface area contributed by atoms with E-state index in [0.717, 1.165) is 24.3 Å². The molecule has 0 aliphatic heterocycles. The lowest BCUT2D eigenvalue weighted by atomic mass is 9.91. The molecule has 17 heavy (non-hydrogen) atoms. The van der Waals surface area contributed by atoms with Crippen LogP contribution in [-0.2, 0) is 4.79 Å². The summed E-state index contributed by atoms with van der Waals surface area (Å²) >= 11 is 0. The minimum atomic E-state index is -0.803. The highest BCUT2D eigenvalue weighted by atomic mass is 16.5. The molecule has 1 aliphatic carbocycles. The number of carboxylic acids is 1. The van der Waals surface area contributed by atoms with Crippen LogP contribution in [0, 0.1) is 0 Å². The van der Waals surface area contributed by atoms with E-state index in [1.54, 1.807) is 7.11 Å². The molecule has 2 rings (SSSR count). The van der Waals surface area contributed by atoms with Gasteiger partial charge in [0.1, 0.15) is 12.3 Å². The highest BCUT2D eigenvalue weighted by Gasteiger charge is 2.28. The minimum Gasteiger partial charge on any atom is -0.495 e. The predicted octanol–water partition coefficient (Wildman–Crippen LogP) is 2.14. The van der Waals surface area contributed by atoms with Crippen molar-refractivity contribution in [3.05, 3.63) is 24.3 Å². The van der Waals surface area contributed by atoms with Crippen LogP contribution in [0.4, 0.5) is 5.69 Å². The number of hydrogen-bond donors (Lipinski definition) is 1. The number of rotatable bonds is 5. The SMILES string of the molecule is COc1ccccc1N(CC(=O)O)C1CCC1. The highest BCUT2D eigenvalue weighted by Crippen LogP contribution is 2.34. The Balaban J connectivity index is 2.26. The van der Waals surface area contributed by atoms with E-state index in [1.165, 1.54) is 6.42 Å². The Labute approximate surface area is 101 Å². The first kappa shape index (κ1) is 11.8. The predicted molar refractivity (Wildman–Crippen MR) is 65.6 cm³/mol. The Bertz CT molecular complexity index is 401. The van der Waals surface area contributed by atoms with Crippen LogP contribution < -0.4 is 9.64 Å². The average Bonchev–Trinajstić information content (AvgIpc) is 2.25. The number of anilines is 1. The van der Waals surface area contributed by atoms with E-state index in [1.807, 2.05) is 29.2 Å². The van der Waals surface area contributed by atoms with Crippen LogP contribution >= 0.6 is 0 Å². The number of para-hydroxylation sites is 2. The summed E-state index contributed by atoms with van der Waals surface area (Å²) < 4.78 is 5.29. The molecule has 0 atom stereocenters. The summed E-state index contributed by atoms with van der Waals surface area (Å²) in [6, 6.07) is 7.92. The summed E-state index contributed by atoms with van der Waals surface area (Å²) in [7, 11) is 1.61. The van der Waals surface area contributed by atoms with Crippen molar-refractivity contribution in [2.45, 2.75) is 25.3 Å². The van der Waals surface area contributed by atoms with Gasteiger partial charge in [0.15, 0.2) is 0 Å². The van der Waals surface area contributed by atoms with Gasteiger partial charge in [-0.1, -0.05) is 12.1 Å². The quantitative estimate of drug-likeness (QED) is 0.849. The van der Waals surface area contributed by atoms with Crippen LogP contribution in [0.15, 0.2) is 24.3 Å². The maximum Gasteiger partial charge on any atom is 0.323 e. The van der Waals surface area contributed by atoms with E-state index in [0.29, 0.717) is 6.04 Å². The molecule has 0 unspecified atom stereocenters. The number of carbonyl (C=O) groups is 1. The topological polar surface area (TPSA) is 49.8 Å². The molecule has 0 radical (unpaired) electrons. The van der Waals surface area contributed by atoms with Crippen molar-refractivity contribution in [1.82, 2.24) is 0 Å². The molecule has 1 N–H and O–H groups in total. The van der Waals surface area contributed by atoms with Crippen molar-refractivity contribution in [3.63, 3.8) is 0 Å². The van der Waals surface area contributed by atoms with Gasteiger partial charge >= 0.3 is 5.97 Å². The number of ether oxygens (including phenoxy) is 1. The maximum absolute atomic E-state index is 10.9. The monoisotopic (exact) mass is 235 g/mol. The molecule has 0 amide bonds. The smallest absolute Gasteiger partial charge is 0.323 e. The van der Waals surface area contributed by atoms with Gasteiger partial charge in [0.25, 0.3) is 0 Å². The van der Waals surface area contributed by atoms with Crippen LogP contribution in [0.1, 0.15) is 19.3 Å². The fourth-order valence-corrected chi connectivity index (χ4v) is 2.12. The van der Waals surface area contributed by atoms with Crippen LogP contribution in [0.2, 0.25) is 0 Å². The van der Waals surface area contributed by atoms with Crippen molar-refractivity contribution in [3.8, 4) is 5.75 Å². The number of benzene rings is 1. The van der Waals surface area contributed by atoms with Gasteiger partial charge in [-0.15, -0.1) is 0 Å². The Morgan fingerprint density at radius 1 is 1.47 bits per heavy atom. The van der Waals surface area contributed by atoms with Gasteiger partial charge in [0.05, 0.1) is 12.8 Å². The molecule has 1 aliphatic rings. The van der Waals surface area contributed by atoms with Gasteiger partial charge in [-0.25, -0.2) is 0 Å². The third-order valence-electron chi connectivity index (χ3n) is 3.22. The second-order valence-corrected chi connectivity index (χ2v) is 4.28. The zero-order chi connectivity index (χ0) is 12.3. The summed E-state index contributed by atoms with van der Waals surface area (Å²) in [5, 5.41) is 8.99. The second-order valence-electron chi connectivity index (χ2n) is 4.28. The molecule has 0 heterocycles. The number of aliphatic carboxylic acids is 1. The standard InChI is InChI=1S/C13H17NO3/c1-17-12-8-3-2-7-11(12)14(9-13(15)16)10-5-4-6-10/h2-3,7-8,10H,4-6,9H2,1H3,(H,15,16). The van der Waals surface area contributed by atoms with Crippen molar-refractivity contribution in [1.29, 1.82) is 0 Å². The molecule has 1 fully saturated rings. The number of carboxylic acid groups (broad SMARTS) is 1. The molecule has 4 nitrogen and oxygen atoms in total. The van der Waals surface area contributed by atoms with Crippen LogP contribution in [0.5, 0.6) is 5.75 Å². The third kappa shape index (κ3) is 2.52. The first-order chi connectivity index (χ1) is 8.22. The summed E-state index contributed by atoms with van der Waals surface area (Å²) in [6.45, 7) is 0.0328. The van der Waals surface area contributed by atoms with Gasteiger partial charge in [-0.05, 0) is 31.4 Å². The zero-order valence-electron chi connectivity index (χ0n) is 9.93. The number of methoxy groups -OCH3 is 1. The molecule has 1 aromatic rings. The van der Waals surface area contributed by atoms with Crippen molar-refractivity contribution < 1.29 is 14.6 Å². The molecule has 1 saturated carbocycles. The van der Waals surface area contributed by atoms with E-state index in [9.17, 15) is 4.79 Å². The van der Waals surface area contributed by atoms with E-state index < -0.39 is 5.97 Å². The van der Waals surface area contributed by atoms with Gasteiger partial charge in [-0.3, -0.25) is 4.79 Å². The lowest BCUT2D eigenvalue weighted by Gasteiger charge is -2.38. The maximum atomic E-state index is 10.9. The summed E-state index contributed by atoms with van der Waals surface area (Å²) in [6.07, 6.45) is 3.30. The van der Waals surface area contributed by atoms with Crippen molar-refractivity contribution >= 4 is 11.7 Å². The molecule has 0 saturated heterocycles. The zero-order valence-corrected chi connectivity index (χ0v) is 9.93. The summed E-state index contributed by atoms with van der Waals surface area (Å²) in [5.74, 6) is -0.0662. The van der Waals surface area contributed by atoms with Crippen LogP contribution in [0.3, 0.4) is 0 Å². The minimum absolute atomic E-state index is 0.0328. The second kappa shape index (κ2) is 5.08. The van der Waals surface area contributed by atoms with Gasteiger partial charge in [0.2, 0.25) is 0 Å². The molecule has 92 valence electrons. The molecule has 0 aromatic heterocycles. The van der Waals surface area contributed by atoms with Crippen LogP contribution in [-0.4, -0.2) is 30.8 Å². The summed E-state index contributed by atoms with van der Waals surface area (Å²) in [4.78, 5) is 12.9. The fraction of sp³-hybridized carbons (Fsp3) is 0.462. The Morgan fingerprint density at radius 3 is 2.71 bits per heavy atom. The Morgan fingerprint density at radius 2 is 2.18 bits per heavy atom. The van der Waals surface area contributed by atoms with E-state index in [2.05, 4.69) is 0 Å². The van der Waals surface area contributed by atoms with E-state index >= 15 is 0 Å². The first-order valence-electron chi connectivity index (χ1n) is 5.84. The number of nitrogens with zero attached hydrogens (tertiary/aromatic N) is 1. The molecular formula is C13H17NO3. The van der Waals surface area contributed by atoms with E-state index in [4.69, 9.17) is 9.84 Å². The molecular weight excluding hydrogens is 218 g/mol. The number of hydrogen-bond acceptors (Lipinski definition) is 3. The lowest BCUT2D eigenvalue weighted by molar-refractivity contribution is -0.135. The highest BCUT2D eigenvalue weighted by molar-refractivity contribution is 5.75. The normalized spacial score (nSPS) is 15.1. The molecule has 4 heteroatoms. The third-order valence-corrected chi connectivity index (χ3v) is 3.22.